The lowest BCUT2D eigenvalue weighted by Gasteiger charge is -2.20. The number of halogens is 6. The zero-order valence-electron chi connectivity index (χ0n) is 24.3. The van der Waals surface area contributed by atoms with Crippen molar-refractivity contribution in [1.29, 1.82) is 0 Å². The van der Waals surface area contributed by atoms with Gasteiger partial charge in [-0.05, 0) is 67.4 Å². The van der Waals surface area contributed by atoms with Crippen LogP contribution in [-0.2, 0) is 4.79 Å². The van der Waals surface area contributed by atoms with Crippen molar-refractivity contribution >= 4 is 40.2 Å². The lowest BCUT2D eigenvalue weighted by molar-refractivity contribution is -0.274. The van der Waals surface area contributed by atoms with Crippen LogP contribution in [0.15, 0.2) is 77.9 Å². The number of nitrogens with one attached hydrogen (secondary N) is 1. The highest BCUT2D eigenvalue weighted by molar-refractivity contribution is 8.15. The summed E-state index contributed by atoms with van der Waals surface area (Å²) < 4.78 is 85.7. The topological polar surface area (TPSA) is 111 Å². The molecular weight excluding hydrogens is 654 g/mol. The van der Waals surface area contributed by atoms with Crippen molar-refractivity contribution in [2.75, 3.05) is 22.6 Å². The molecular formula is C30H24F6N6O4S. The highest BCUT2D eigenvalue weighted by Gasteiger charge is 2.33. The van der Waals surface area contributed by atoms with Gasteiger partial charge in [0.2, 0.25) is 5.91 Å². The van der Waals surface area contributed by atoms with Gasteiger partial charge in [0.15, 0.2) is 5.17 Å². The summed E-state index contributed by atoms with van der Waals surface area (Å²) in [6, 6.07) is 15.7. The number of amidine groups is 1. The van der Waals surface area contributed by atoms with E-state index in [-0.39, 0.29) is 47.0 Å². The molecule has 0 spiro atoms. The third kappa shape index (κ3) is 9.02. The van der Waals surface area contributed by atoms with Gasteiger partial charge >= 0.3 is 18.6 Å². The van der Waals surface area contributed by atoms with E-state index in [1.165, 1.54) is 21.7 Å². The summed E-state index contributed by atoms with van der Waals surface area (Å²) in [7, 11) is 0. The van der Waals surface area contributed by atoms with Gasteiger partial charge in [0.25, 0.3) is 0 Å². The number of benzene rings is 3. The van der Waals surface area contributed by atoms with Gasteiger partial charge in [0.1, 0.15) is 17.2 Å². The molecule has 1 aromatic heterocycles. The molecule has 0 saturated carbocycles. The van der Waals surface area contributed by atoms with Crippen LogP contribution >= 0.6 is 11.8 Å². The first-order valence-corrected chi connectivity index (χ1v) is 14.8. The van der Waals surface area contributed by atoms with E-state index in [1.807, 2.05) is 0 Å². The average molecular weight is 679 g/mol. The lowest BCUT2D eigenvalue weighted by atomic mass is 10.1. The Morgan fingerprint density at radius 3 is 2.43 bits per heavy atom. The maximum Gasteiger partial charge on any atom is 0.573 e. The number of ether oxygens (including phenoxy) is 2. The van der Waals surface area contributed by atoms with Crippen molar-refractivity contribution in [3.8, 4) is 28.4 Å². The summed E-state index contributed by atoms with van der Waals surface area (Å²) in [6.07, 6.45) is -8.82. The summed E-state index contributed by atoms with van der Waals surface area (Å²) in [5.74, 6) is -0.575. The van der Waals surface area contributed by atoms with Crippen LogP contribution in [0.5, 0.6) is 11.5 Å². The summed E-state index contributed by atoms with van der Waals surface area (Å²) in [5.41, 5.74) is 2.92. The molecule has 10 nitrogen and oxygen atoms in total. The van der Waals surface area contributed by atoms with Gasteiger partial charge in [-0.15, -0.1) is 18.3 Å². The Labute approximate surface area is 267 Å². The Balaban J connectivity index is 1.24. The van der Waals surface area contributed by atoms with E-state index in [9.17, 15) is 35.9 Å². The predicted molar refractivity (Wildman–Crippen MR) is 162 cm³/mol. The molecule has 1 aliphatic rings. The number of aryl methyl sites for hydroxylation is 1. The Hall–Kier alpha value is -5.06. The fraction of sp³-hybridized carbons (Fsp3) is 0.233. The number of thioether (sulfide) groups is 1. The number of anilines is 2. The number of amides is 3. The first-order chi connectivity index (χ1) is 22.2. The molecule has 17 heteroatoms. The van der Waals surface area contributed by atoms with Crippen LogP contribution in [0.1, 0.15) is 18.4 Å². The van der Waals surface area contributed by atoms with Crippen LogP contribution in [0, 0.1) is 6.92 Å². The molecule has 0 aliphatic carbocycles. The van der Waals surface area contributed by atoms with Crippen molar-refractivity contribution in [1.82, 2.24) is 15.0 Å². The van der Waals surface area contributed by atoms with Crippen LogP contribution in [0.3, 0.4) is 0 Å². The number of hydrogen-bond donors (Lipinski definition) is 1. The highest BCUT2D eigenvalue weighted by atomic mass is 32.2. The van der Waals surface area contributed by atoms with E-state index < -0.39 is 25.0 Å². The number of alkyl halides is 6. The number of aromatic nitrogens is 3. The highest BCUT2D eigenvalue weighted by Crippen LogP contribution is 2.36. The van der Waals surface area contributed by atoms with Crippen LogP contribution in [-0.4, -0.2) is 57.0 Å². The minimum absolute atomic E-state index is 0.00553. The number of aliphatic imine (C=N–C) groups is 1. The summed E-state index contributed by atoms with van der Waals surface area (Å²) in [5, 5.41) is 10.8. The maximum atomic E-state index is 12.8. The number of carbonyl (C=O) groups excluding carboxylic acids is 2. The molecule has 0 bridgehead atoms. The van der Waals surface area contributed by atoms with Gasteiger partial charge in [0, 0.05) is 17.7 Å². The Kier molecular flexibility index (Phi) is 9.74. The second-order valence-corrected chi connectivity index (χ2v) is 11.0. The normalized spacial score (nSPS) is 14.5. The van der Waals surface area contributed by atoms with E-state index in [1.54, 1.807) is 55.6 Å². The van der Waals surface area contributed by atoms with E-state index in [2.05, 4.69) is 25.4 Å². The molecule has 246 valence electrons. The standard InChI is InChI=1S/C30H24F6N6O4S/c1-18-3-12-25(45-14-2-13-29(31,32)33)24(15-18)42-26(43)17-47-28(42)38-27(44)37-20-6-4-19(5-7-20)23-16-41(40-39-23)21-8-10-22(11-9-21)46-30(34,35)36/h3-12,15-16H,2,13-14,17H2,1H3,(H,37,44). The molecule has 1 aliphatic heterocycles. The van der Waals surface area contributed by atoms with Gasteiger partial charge in [-0.3, -0.25) is 9.69 Å². The monoisotopic (exact) mass is 678 g/mol. The van der Waals surface area contributed by atoms with Gasteiger partial charge < -0.3 is 14.8 Å². The van der Waals surface area contributed by atoms with Crippen LogP contribution in [0.25, 0.3) is 16.9 Å². The Bertz CT molecular complexity index is 1780. The van der Waals surface area contributed by atoms with Gasteiger partial charge in [0.05, 0.1) is 29.9 Å². The number of carbonyl (C=O) groups is 2. The smallest absolute Gasteiger partial charge is 0.491 e. The summed E-state index contributed by atoms with van der Waals surface area (Å²) >= 11 is 1.03. The fourth-order valence-corrected chi connectivity index (χ4v) is 5.20. The van der Waals surface area contributed by atoms with Gasteiger partial charge in [-0.25, -0.2) is 9.48 Å². The van der Waals surface area contributed by atoms with E-state index in [0.29, 0.717) is 22.6 Å². The van der Waals surface area contributed by atoms with E-state index in [4.69, 9.17) is 4.74 Å². The quantitative estimate of drug-likeness (QED) is 0.144. The second kappa shape index (κ2) is 13.7. The molecule has 0 atom stereocenters. The third-order valence-corrected chi connectivity index (χ3v) is 7.36. The van der Waals surface area contributed by atoms with Crippen molar-refractivity contribution in [3.05, 3.63) is 78.5 Å². The fourth-order valence-electron chi connectivity index (χ4n) is 4.35. The molecule has 5 rings (SSSR count). The molecule has 1 fully saturated rings. The minimum atomic E-state index is -4.80. The van der Waals surface area contributed by atoms with Crippen LogP contribution in [0.2, 0.25) is 0 Å². The van der Waals surface area contributed by atoms with Gasteiger partial charge in [-0.2, -0.15) is 18.2 Å². The molecule has 4 aromatic rings. The molecule has 1 N–H and O–H groups in total. The molecule has 0 unspecified atom stereocenters. The zero-order chi connectivity index (χ0) is 33.8. The molecule has 1 saturated heterocycles. The molecule has 3 amide bonds. The number of rotatable bonds is 9. The Morgan fingerprint density at radius 2 is 1.74 bits per heavy atom. The average Bonchev–Trinajstić information content (AvgIpc) is 3.62. The number of hydrogen-bond acceptors (Lipinski definition) is 7. The second-order valence-electron chi connectivity index (χ2n) is 10.0. The molecule has 2 heterocycles. The zero-order valence-corrected chi connectivity index (χ0v) is 25.1. The van der Waals surface area contributed by atoms with Crippen molar-refractivity contribution < 1.29 is 45.4 Å². The number of urea groups is 1. The molecule has 47 heavy (non-hydrogen) atoms. The third-order valence-electron chi connectivity index (χ3n) is 6.44. The van der Waals surface area contributed by atoms with Crippen LogP contribution < -0.4 is 19.7 Å². The lowest BCUT2D eigenvalue weighted by Crippen LogP contribution is -2.31. The van der Waals surface area contributed by atoms with Crippen molar-refractivity contribution in [3.63, 3.8) is 0 Å². The largest absolute Gasteiger partial charge is 0.573 e. The minimum Gasteiger partial charge on any atom is -0.491 e. The van der Waals surface area contributed by atoms with Crippen LogP contribution in [0.4, 0.5) is 42.5 Å². The van der Waals surface area contributed by atoms with E-state index in [0.717, 1.165) is 29.5 Å². The predicted octanol–water partition coefficient (Wildman–Crippen LogP) is 7.53. The van der Waals surface area contributed by atoms with Crippen molar-refractivity contribution in [2.24, 2.45) is 4.99 Å². The molecule has 0 radical (unpaired) electrons. The Morgan fingerprint density at radius 1 is 1.02 bits per heavy atom. The van der Waals surface area contributed by atoms with E-state index >= 15 is 0 Å². The first-order valence-electron chi connectivity index (χ1n) is 13.8. The number of nitrogens with zero attached hydrogens (tertiary/aromatic N) is 5. The SMILES string of the molecule is Cc1ccc(OCCCC(F)(F)F)c(N2C(=O)CSC2=NC(=O)Nc2ccc(-c3cn(-c4ccc(OC(F)(F)F)cc4)nn3)cc2)c1. The maximum absolute atomic E-state index is 12.8. The summed E-state index contributed by atoms with van der Waals surface area (Å²) in [6.45, 7) is 1.55. The van der Waals surface area contributed by atoms with Crippen molar-refractivity contribution in [2.45, 2.75) is 32.3 Å². The summed E-state index contributed by atoms with van der Waals surface area (Å²) in [4.78, 5) is 30.9. The first kappa shape index (κ1) is 33.3. The molecule has 3 aromatic carbocycles. The van der Waals surface area contributed by atoms with Gasteiger partial charge in [-0.1, -0.05) is 35.2 Å².